The van der Waals surface area contributed by atoms with Crippen molar-refractivity contribution in [3.8, 4) is 0 Å². The van der Waals surface area contributed by atoms with E-state index < -0.39 is 0 Å². The molecular formula is C11H23-. The van der Waals surface area contributed by atoms with Gasteiger partial charge in [0, 0.05) is 0 Å². The molecule has 11 heavy (non-hydrogen) atoms. The summed E-state index contributed by atoms with van der Waals surface area (Å²) in [5.74, 6) is 0.909. The largest absolute Gasteiger partial charge is 0.343 e. The second-order valence-corrected chi connectivity index (χ2v) is 3.44. The summed E-state index contributed by atoms with van der Waals surface area (Å²) >= 11 is 0. The second-order valence-electron chi connectivity index (χ2n) is 3.44. The SMILES string of the molecule is [CH2-]CC(CCC)CCCCC. The van der Waals surface area contributed by atoms with Crippen LogP contribution in [0.25, 0.3) is 0 Å². The smallest absolute Gasteiger partial charge is 0.0529 e. The number of rotatable bonds is 7. The van der Waals surface area contributed by atoms with Crippen LogP contribution in [-0.2, 0) is 0 Å². The maximum Gasteiger partial charge on any atom is -0.0529 e. The minimum Gasteiger partial charge on any atom is -0.343 e. The summed E-state index contributed by atoms with van der Waals surface area (Å²) in [6.07, 6.45) is 9.41. The molecule has 1 unspecified atom stereocenters. The molecule has 0 aromatic carbocycles. The lowest BCUT2D eigenvalue weighted by Gasteiger charge is -2.15. The Kier molecular flexibility index (Phi) is 8.10. The highest BCUT2D eigenvalue weighted by Crippen LogP contribution is 2.18. The van der Waals surface area contributed by atoms with Crippen LogP contribution in [0.1, 0.15) is 58.8 Å². The Bertz CT molecular complexity index is 66.4. The molecule has 0 aromatic heterocycles. The van der Waals surface area contributed by atoms with E-state index in [1.165, 1.54) is 38.5 Å². The van der Waals surface area contributed by atoms with Crippen molar-refractivity contribution in [2.75, 3.05) is 0 Å². The van der Waals surface area contributed by atoms with Crippen molar-refractivity contribution in [1.29, 1.82) is 0 Å². The van der Waals surface area contributed by atoms with Crippen molar-refractivity contribution in [1.82, 2.24) is 0 Å². The van der Waals surface area contributed by atoms with Crippen molar-refractivity contribution in [2.45, 2.75) is 58.8 Å². The summed E-state index contributed by atoms with van der Waals surface area (Å²) in [5.41, 5.74) is 0. The van der Waals surface area contributed by atoms with Crippen molar-refractivity contribution in [2.24, 2.45) is 5.92 Å². The first-order valence-corrected chi connectivity index (χ1v) is 5.14. The van der Waals surface area contributed by atoms with Gasteiger partial charge in [-0.2, -0.15) is 6.42 Å². The van der Waals surface area contributed by atoms with Crippen molar-refractivity contribution in [3.63, 3.8) is 0 Å². The number of hydrogen-bond acceptors (Lipinski definition) is 0. The molecule has 0 nitrogen and oxygen atoms in total. The van der Waals surface area contributed by atoms with Crippen LogP contribution in [0.5, 0.6) is 0 Å². The van der Waals surface area contributed by atoms with Gasteiger partial charge in [0.05, 0.1) is 0 Å². The van der Waals surface area contributed by atoms with Crippen LogP contribution >= 0.6 is 0 Å². The molecule has 0 N–H and O–H groups in total. The second kappa shape index (κ2) is 8.10. The molecule has 0 saturated carbocycles. The van der Waals surface area contributed by atoms with Gasteiger partial charge in [-0.05, 0) is 0 Å². The molecule has 0 radical (unpaired) electrons. The van der Waals surface area contributed by atoms with E-state index >= 15 is 0 Å². The van der Waals surface area contributed by atoms with Crippen molar-refractivity contribution < 1.29 is 0 Å². The van der Waals surface area contributed by atoms with E-state index in [1.807, 2.05) is 0 Å². The van der Waals surface area contributed by atoms with Gasteiger partial charge in [0.25, 0.3) is 0 Å². The molecular weight excluding hydrogens is 132 g/mol. The molecule has 0 rings (SSSR count). The molecule has 0 fully saturated rings. The van der Waals surface area contributed by atoms with Crippen LogP contribution in [0.3, 0.4) is 0 Å². The van der Waals surface area contributed by atoms with Crippen molar-refractivity contribution >= 4 is 0 Å². The molecule has 0 spiro atoms. The first-order chi connectivity index (χ1) is 5.35. The van der Waals surface area contributed by atoms with Crippen molar-refractivity contribution in [3.05, 3.63) is 6.92 Å². The lowest BCUT2D eigenvalue weighted by Crippen LogP contribution is -1.97. The van der Waals surface area contributed by atoms with E-state index in [-0.39, 0.29) is 0 Å². The van der Waals surface area contributed by atoms with E-state index in [2.05, 4.69) is 20.8 Å². The highest BCUT2D eigenvalue weighted by Gasteiger charge is 2.00. The van der Waals surface area contributed by atoms with Crippen LogP contribution < -0.4 is 0 Å². The Morgan fingerprint density at radius 3 is 2.18 bits per heavy atom. The van der Waals surface area contributed by atoms with Crippen LogP contribution in [0, 0.1) is 12.8 Å². The van der Waals surface area contributed by atoms with E-state index in [0.29, 0.717) is 0 Å². The fourth-order valence-electron chi connectivity index (χ4n) is 1.52. The zero-order chi connectivity index (χ0) is 8.53. The molecule has 1 atom stereocenters. The highest BCUT2D eigenvalue weighted by atomic mass is 14.1. The van der Waals surface area contributed by atoms with Gasteiger partial charge >= 0.3 is 0 Å². The fourth-order valence-corrected chi connectivity index (χ4v) is 1.52. The van der Waals surface area contributed by atoms with Gasteiger partial charge in [0.1, 0.15) is 0 Å². The lowest BCUT2D eigenvalue weighted by atomic mass is 9.94. The number of unbranched alkanes of at least 4 members (excludes halogenated alkanes) is 2. The molecule has 0 aliphatic carbocycles. The van der Waals surface area contributed by atoms with Gasteiger partial charge in [-0.1, -0.05) is 58.3 Å². The summed E-state index contributed by atoms with van der Waals surface area (Å²) in [6.45, 7) is 8.51. The third-order valence-electron chi connectivity index (χ3n) is 2.32. The minimum atomic E-state index is 0.909. The maximum atomic E-state index is 3.98. The van der Waals surface area contributed by atoms with Crippen LogP contribution in [0.15, 0.2) is 0 Å². The zero-order valence-electron chi connectivity index (χ0n) is 8.23. The van der Waals surface area contributed by atoms with Gasteiger partial charge in [0.15, 0.2) is 0 Å². The van der Waals surface area contributed by atoms with Gasteiger partial charge in [-0.15, -0.1) is 0 Å². The molecule has 0 amide bonds. The van der Waals surface area contributed by atoms with Crippen LogP contribution in [0.2, 0.25) is 0 Å². The summed E-state index contributed by atoms with van der Waals surface area (Å²) in [4.78, 5) is 0. The maximum absolute atomic E-state index is 3.98. The average molecular weight is 155 g/mol. The highest BCUT2D eigenvalue weighted by molar-refractivity contribution is 4.59. The molecule has 0 aliphatic heterocycles. The molecule has 0 aliphatic rings. The Morgan fingerprint density at radius 1 is 1.00 bits per heavy atom. The molecule has 0 saturated heterocycles. The topological polar surface area (TPSA) is 0 Å². The normalized spacial score (nSPS) is 13.4. The van der Waals surface area contributed by atoms with E-state index in [4.69, 9.17) is 0 Å². The average Bonchev–Trinajstić information content (AvgIpc) is 2.03. The first kappa shape index (κ1) is 11.0. The quantitative estimate of drug-likeness (QED) is 0.381. The molecule has 0 heterocycles. The summed E-state index contributed by atoms with van der Waals surface area (Å²) in [6, 6.07) is 0. The monoisotopic (exact) mass is 155 g/mol. The first-order valence-electron chi connectivity index (χ1n) is 5.14. The van der Waals surface area contributed by atoms with Gasteiger partial charge < -0.3 is 6.92 Å². The molecule has 0 heteroatoms. The summed E-state index contributed by atoms with van der Waals surface area (Å²) < 4.78 is 0. The molecule has 0 bridgehead atoms. The van der Waals surface area contributed by atoms with Gasteiger partial charge in [-0.25, -0.2) is 0 Å². The third-order valence-corrected chi connectivity index (χ3v) is 2.32. The standard InChI is InChI=1S/C11H23/c1-4-7-8-10-11(6-3)9-5-2/h11H,3-10H2,1-2H3/q-1. The van der Waals surface area contributed by atoms with Crippen LogP contribution in [-0.4, -0.2) is 0 Å². The van der Waals surface area contributed by atoms with Gasteiger partial charge in [0.2, 0.25) is 0 Å². The Labute approximate surface area is 72.4 Å². The Balaban J connectivity index is 3.20. The summed E-state index contributed by atoms with van der Waals surface area (Å²) in [7, 11) is 0. The predicted octanol–water partition coefficient (Wildman–Crippen LogP) is 4.21. The van der Waals surface area contributed by atoms with Crippen LogP contribution in [0.4, 0.5) is 0 Å². The molecule has 0 aromatic rings. The molecule has 68 valence electrons. The fraction of sp³-hybridized carbons (Fsp3) is 0.909. The van der Waals surface area contributed by atoms with E-state index in [9.17, 15) is 0 Å². The zero-order valence-corrected chi connectivity index (χ0v) is 8.23. The minimum absolute atomic E-state index is 0.909. The van der Waals surface area contributed by atoms with E-state index in [1.54, 1.807) is 0 Å². The Hall–Kier alpha value is 0. The van der Waals surface area contributed by atoms with E-state index in [0.717, 1.165) is 12.3 Å². The lowest BCUT2D eigenvalue weighted by molar-refractivity contribution is 0.427. The third kappa shape index (κ3) is 6.40. The predicted molar refractivity (Wildman–Crippen MR) is 52.5 cm³/mol. The number of hydrogen-bond donors (Lipinski definition) is 0. The Morgan fingerprint density at radius 2 is 1.73 bits per heavy atom. The summed E-state index contributed by atoms with van der Waals surface area (Å²) in [5, 5.41) is 0. The van der Waals surface area contributed by atoms with Gasteiger partial charge in [-0.3, -0.25) is 0 Å².